The molecule has 8 heteroatoms. The van der Waals surface area contributed by atoms with Crippen molar-refractivity contribution in [3.8, 4) is 0 Å². The number of rotatable bonds is 4. The van der Waals surface area contributed by atoms with Gasteiger partial charge in [-0.15, -0.1) is 0 Å². The summed E-state index contributed by atoms with van der Waals surface area (Å²) >= 11 is 18.3. The predicted octanol–water partition coefficient (Wildman–Crippen LogP) is 6.89. The molecule has 0 unspecified atom stereocenters. The molecule has 3 aromatic rings. The summed E-state index contributed by atoms with van der Waals surface area (Å²) in [5.41, 5.74) is 2.90. The second kappa shape index (κ2) is 9.90. The topological polar surface area (TPSA) is 36.4 Å². The summed E-state index contributed by atoms with van der Waals surface area (Å²) in [7, 11) is 0. The number of carbonyl (C=O) groups is 1. The predicted molar refractivity (Wildman–Crippen MR) is 140 cm³/mol. The quantitative estimate of drug-likeness (QED) is 0.345. The van der Waals surface area contributed by atoms with Crippen LogP contribution in [0.5, 0.6) is 0 Å². The maximum absolute atomic E-state index is 14.0. The smallest absolute Gasteiger partial charge is 0.258 e. The standard InChI is InChI=1S/C27H23Cl3FN3O/c28-20-5-6-24-22(15-20)27(17-34(24)26(35)19-7-10-32-25(30)14-19)8-12-33(13-9-27)11-1-2-18-3-4-21(29)16-23(18)31/h1-7,10,14-16H,8-9,11-13,17H2. The van der Waals surface area contributed by atoms with Crippen molar-refractivity contribution < 1.29 is 9.18 Å². The van der Waals surface area contributed by atoms with Crippen LogP contribution in [-0.2, 0) is 5.41 Å². The van der Waals surface area contributed by atoms with Crippen LogP contribution < -0.4 is 4.90 Å². The van der Waals surface area contributed by atoms with E-state index in [1.165, 1.54) is 6.07 Å². The molecular formula is C27H23Cl3FN3O. The Morgan fingerprint density at radius 1 is 1.03 bits per heavy atom. The number of fused-ring (bicyclic) bond motifs is 2. The third kappa shape index (κ3) is 4.96. The molecule has 0 aliphatic carbocycles. The van der Waals surface area contributed by atoms with Gasteiger partial charge in [0.2, 0.25) is 0 Å². The molecule has 35 heavy (non-hydrogen) atoms. The Morgan fingerprint density at radius 3 is 2.51 bits per heavy atom. The van der Waals surface area contributed by atoms with E-state index < -0.39 is 0 Å². The third-order valence-electron chi connectivity index (χ3n) is 6.94. The average molecular weight is 531 g/mol. The molecule has 0 radical (unpaired) electrons. The van der Waals surface area contributed by atoms with Gasteiger partial charge in [-0.1, -0.05) is 53.0 Å². The summed E-state index contributed by atoms with van der Waals surface area (Å²) in [6.07, 6.45) is 7.11. The van der Waals surface area contributed by atoms with Crippen molar-refractivity contribution in [3.63, 3.8) is 0 Å². The maximum Gasteiger partial charge on any atom is 0.258 e. The molecule has 1 fully saturated rings. The van der Waals surface area contributed by atoms with Gasteiger partial charge in [0.05, 0.1) is 0 Å². The Labute approximate surface area is 218 Å². The number of halogens is 4. The van der Waals surface area contributed by atoms with Crippen LogP contribution in [0.25, 0.3) is 6.08 Å². The molecule has 1 spiro atoms. The number of hydrogen-bond acceptors (Lipinski definition) is 3. The van der Waals surface area contributed by atoms with Crippen molar-refractivity contribution in [2.24, 2.45) is 0 Å². The molecule has 0 saturated carbocycles. The molecule has 5 rings (SSSR count). The summed E-state index contributed by atoms with van der Waals surface area (Å²) in [4.78, 5) is 21.6. The first kappa shape index (κ1) is 24.3. The first-order valence-electron chi connectivity index (χ1n) is 11.4. The molecule has 180 valence electrons. The highest BCUT2D eigenvalue weighted by Crippen LogP contribution is 2.48. The molecule has 0 N–H and O–H groups in total. The van der Waals surface area contributed by atoms with Crippen LogP contribution in [0.4, 0.5) is 10.1 Å². The van der Waals surface area contributed by atoms with Gasteiger partial charge in [0.15, 0.2) is 0 Å². The molecular weight excluding hydrogens is 508 g/mol. The number of carbonyl (C=O) groups excluding carboxylic acids is 1. The highest BCUT2D eigenvalue weighted by molar-refractivity contribution is 6.31. The van der Waals surface area contributed by atoms with Crippen molar-refractivity contribution in [2.45, 2.75) is 18.3 Å². The van der Waals surface area contributed by atoms with Crippen LogP contribution in [0.1, 0.15) is 34.3 Å². The first-order chi connectivity index (χ1) is 16.8. The number of piperidine rings is 1. The zero-order chi connectivity index (χ0) is 24.6. The molecule has 1 aromatic heterocycles. The van der Waals surface area contributed by atoms with E-state index in [0.717, 1.165) is 43.7 Å². The summed E-state index contributed by atoms with van der Waals surface area (Å²) in [6.45, 7) is 3.05. The largest absolute Gasteiger partial charge is 0.307 e. The van der Waals surface area contributed by atoms with Crippen molar-refractivity contribution in [2.75, 3.05) is 31.1 Å². The van der Waals surface area contributed by atoms with Gasteiger partial charge in [-0.05, 0) is 74.0 Å². The minimum atomic E-state index is -0.328. The normalized spacial score (nSPS) is 17.3. The van der Waals surface area contributed by atoms with E-state index in [9.17, 15) is 9.18 Å². The molecule has 0 bridgehead atoms. The number of aromatic nitrogens is 1. The van der Waals surface area contributed by atoms with Crippen LogP contribution in [0, 0.1) is 5.82 Å². The Hall–Kier alpha value is -2.44. The van der Waals surface area contributed by atoms with Gasteiger partial charge >= 0.3 is 0 Å². The third-order valence-corrected chi connectivity index (χ3v) is 7.61. The number of benzene rings is 2. The van der Waals surface area contributed by atoms with Crippen LogP contribution in [0.15, 0.2) is 60.8 Å². The Bertz CT molecular complexity index is 1300. The highest BCUT2D eigenvalue weighted by Gasteiger charge is 2.46. The first-order valence-corrected chi connectivity index (χ1v) is 12.6. The van der Waals surface area contributed by atoms with Gasteiger partial charge in [0, 0.05) is 51.6 Å². The molecule has 1 saturated heterocycles. The lowest BCUT2D eigenvalue weighted by molar-refractivity contribution is 0.0977. The number of anilines is 1. The van der Waals surface area contributed by atoms with E-state index in [-0.39, 0.29) is 17.1 Å². The summed E-state index contributed by atoms with van der Waals surface area (Å²) < 4.78 is 14.0. The fourth-order valence-corrected chi connectivity index (χ4v) is 5.58. The Balaban J connectivity index is 1.31. The maximum atomic E-state index is 14.0. The van der Waals surface area contributed by atoms with E-state index in [2.05, 4.69) is 9.88 Å². The van der Waals surface area contributed by atoms with Crippen molar-refractivity contribution in [1.29, 1.82) is 0 Å². The molecule has 2 aromatic carbocycles. The minimum Gasteiger partial charge on any atom is -0.307 e. The molecule has 4 nitrogen and oxygen atoms in total. The van der Waals surface area contributed by atoms with E-state index in [1.54, 1.807) is 36.5 Å². The average Bonchev–Trinajstić information content (AvgIpc) is 3.14. The van der Waals surface area contributed by atoms with E-state index in [0.29, 0.717) is 32.9 Å². The minimum absolute atomic E-state index is 0.0925. The number of amides is 1. The van der Waals surface area contributed by atoms with Crippen molar-refractivity contribution in [1.82, 2.24) is 9.88 Å². The van der Waals surface area contributed by atoms with Gasteiger partial charge in [0.25, 0.3) is 5.91 Å². The van der Waals surface area contributed by atoms with Gasteiger partial charge in [-0.25, -0.2) is 9.37 Å². The van der Waals surface area contributed by atoms with Gasteiger partial charge in [0.1, 0.15) is 11.0 Å². The van der Waals surface area contributed by atoms with Crippen LogP contribution in [0.2, 0.25) is 15.2 Å². The molecule has 2 aliphatic heterocycles. The lowest BCUT2D eigenvalue weighted by Gasteiger charge is -2.39. The fourth-order valence-electron chi connectivity index (χ4n) is 5.07. The molecule has 0 atom stereocenters. The fraction of sp³-hybridized carbons (Fsp3) is 0.259. The zero-order valence-corrected chi connectivity index (χ0v) is 21.1. The van der Waals surface area contributed by atoms with Crippen LogP contribution in [-0.4, -0.2) is 42.0 Å². The monoisotopic (exact) mass is 529 g/mol. The highest BCUT2D eigenvalue weighted by atomic mass is 35.5. The summed E-state index contributed by atoms with van der Waals surface area (Å²) in [5, 5.41) is 1.35. The van der Waals surface area contributed by atoms with Crippen molar-refractivity contribution >= 4 is 52.5 Å². The lowest BCUT2D eigenvalue weighted by Crippen LogP contribution is -2.46. The van der Waals surface area contributed by atoms with Crippen LogP contribution >= 0.6 is 34.8 Å². The van der Waals surface area contributed by atoms with Gasteiger partial charge in [-0.2, -0.15) is 0 Å². The van der Waals surface area contributed by atoms with E-state index in [1.807, 2.05) is 29.2 Å². The Kier molecular flexibility index (Phi) is 6.86. The lowest BCUT2D eigenvalue weighted by atomic mass is 9.74. The second-order valence-corrected chi connectivity index (χ2v) is 10.3. The van der Waals surface area contributed by atoms with Gasteiger partial charge in [-0.3, -0.25) is 9.69 Å². The van der Waals surface area contributed by atoms with E-state index >= 15 is 0 Å². The van der Waals surface area contributed by atoms with Crippen LogP contribution in [0.3, 0.4) is 0 Å². The number of pyridine rings is 1. The Morgan fingerprint density at radius 2 is 1.77 bits per heavy atom. The summed E-state index contributed by atoms with van der Waals surface area (Å²) in [6, 6.07) is 13.7. The van der Waals surface area contributed by atoms with Gasteiger partial charge < -0.3 is 4.90 Å². The second-order valence-electron chi connectivity index (χ2n) is 9.07. The van der Waals surface area contributed by atoms with E-state index in [4.69, 9.17) is 34.8 Å². The molecule has 2 aliphatic rings. The number of hydrogen-bond donors (Lipinski definition) is 0. The molecule has 1 amide bonds. The summed E-state index contributed by atoms with van der Waals surface area (Å²) in [5.74, 6) is -0.420. The van der Waals surface area contributed by atoms with Crippen molar-refractivity contribution in [3.05, 3.63) is 98.5 Å². The zero-order valence-electron chi connectivity index (χ0n) is 18.9. The number of likely N-dealkylation sites (tertiary alicyclic amines) is 1. The SMILES string of the molecule is O=C(c1ccnc(Cl)c1)N1CC2(CCN(CC=Cc3ccc(Cl)cc3F)CC2)c2cc(Cl)ccc21. The number of nitrogens with zero attached hydrogens (tertiary/aromatic N) is 3. The molecule has 3 heterocycles.